The molecular weight excluding hydrogens is 419 g/mol. The van der Waals surface area contributed by atoms with Crippen LogP contribution in [0.4, 0.5) is 9.39 Å². The minimum atomic E-state index is -0.597. The predicted octanol–water partition coefficient (Wildman–Crippen LogP) is 4.89. The number of carbonyl (C=O) groups is 3. The Bertz CT molecular complexity index is 976. The lowest BCUT2D eigenvalue weighted by atomic mass is 10.1. The van der Waals surface area contributed by atoms with Crippen molar-refractivity contribution in [2.75, 3.05) is 18.4 Å². The van der Waals surface area contributed by atoms with E-state index >= 15 is 0 Å². The van der Waals surface area contributed by atoms with Crippen LogP contribution in [-0.4, -0.2) is 41.9 Å². The highest BCUT2D eigenvalue weighted by molar-refractivity contribution is 7.18. The fourth-order valence-corrected chi connectivity index (χ4v) is 4.04. The van der Waals surface area contributed by atoms with E-state index in [0.717, 1.165) is 11.3 Å². The van der Waals surface area contributed by atoms with Crippen LogP contribution in [0.15, 0.2) is 30.3 Å². The van der Waals surface area contributed by atoms with E-state index in [-0.39, 0.29) is 28.4 Å². The van der Waals surface area contributed by atoms with E-state index in [1.54, 1.807) is 37.8 Å². The molecule has 0 fully saturated rings. The van der Waals surface area contributed by atoms with Crippen LogP contribution in [0.25, 0.3) is 6.08 Å². The molecule has 8 heteroatoms. The number of carbonyl (C=O) groups excluding carboxylic acids is 3. The SMILES string of the molecule is CCN(CC)C(=O)c1sc(NC(=O)/C=C/c2ccc(F)cc2)c(C(=O)OC(C)C)c1C. The first kappa shape index (κ1) is 24.3. The highest BCUT2D eigenvalue weighted by atomic mass is 32.1. The van der Waals surface area contributed by atoms with E-state index < -0.39 is 11.9 Å². The monoisotopic (exact) mass is 446 g/mol. The molecule has 31 heavy (non-hydrogen) atoms. The van der Waals surface area contributed by atoms with Gasteiger partial charge in [0.25, 0.3) is 5.91 Å². The number of esters is 1. The summed E-state index contributed by atoms with van der Waals surface area (Å²) in [5, 5.41) is 2.94. The molecule has 0 unspecified atom stereocenters. The van der Waals surface area contributed by atoms with E-state index in [1.165, 1.54) is 24.3 Å². The molecule has 2 amide bonds. The third kappa shape index (κ3) is 6.24. The summed E-state index contributed by atoms with van der Waals surface area (Å²) in [6.45, 7) is 9.94. The second-order valence-corrected chi connectivity index (χ2v) is 8.09. The summed E-state index contributed by atoms with van der Waals surface area (Å²) in [4.78, 5) is 40.1. The zero-order chi connectivity index (χ0) is 23.1. The van der Waals surface area contributed by atoms with Gasteiger partial charge in [-0.1, -0.05) is 12.1 Å². The molecule has 1 aromatic heterocycles. The summed E-state index contributed by atoms with van der Waals surface area (Å²) < 4.78 is 18.3. The Hall–Kier alpha value is -3.00. The minimum absolute atomic E-state index is 0.178. The van der Waals surface area contributed by atoms with Crippen LogP contribution in [0.2, 0.25) is 0 Å². The maximum absolute atomic E-state index is 13.0. The lowest BCUT2D eigenvalue weighted by Gasteiger charge is -2.18. The average Bonchev–Trinajstić information content (AvgIpc) is 3.03. The van der Waals surface area contributed by atoms with Crippen LogP contribution in [0.3, 0.4) is 0 Å². The zero-order valence-electron chi connectivity index (χ0n) is 18.3. The maximum Gasteiger partial charge on any atom is 0.341 e. The molecule has 0 radical (unpaired) electrons. The van der Waals surface area contributed by atoms with Crippen molar-refractivity contribution in [2.45, 2.75) is 40.7 Å². The number of rotatable bonds is 8. The standard InChI is InChI=1S/C23H27FN2O4S/c1-6-26(7-2)22(28)20-15(5)19(23(29)30-14(3)4)21(31-20)25-18(27)13-10-16-8-11-17(24)12-9-16/h8-14H,6-7H2,1-5H3,(H,25,27)/b13-10+. The first-order chi connectivity index (χ1) is 14.7. The Kier molecular flexibility index (Phi) is 8.50. The molecule has 0 saturated heterocycles. The number of hydrogen-bond donors (Lipinski definition) is 1. The second-order valence-electron chi connectivity index (χ2n) is 7.07. The number of nitrogens with zero attached hydrogens (tertiary/aromatic N) is 1. The van der Waals surface area contributed by atoms with E-state index in [9.17, 15) is 18.8 Å². The molecule has 0 atom stereocenters. The molecule has 0 spiro atoms. The summed E-state index contributed by atoms with van der Waals surface area (Å²) in [6.07, 6.45) is 2.46. The van der Waals surface area contributed by atoms with E-state index in [2.05, 4.69) is 5.32 Å². The number of benzene rings is 1. The van der Waals surface area contributed by atoms with Crippen molar-refractivity contribution in [3.63, 3.8) is 0 Å². The quantitative estimate of drug-likeness (QED) is 0.463. The number of ether oxygens (including phenoxy) is 1. The van der Waals surface area contributed by atoms with Crippen LogP contribution < -0.4 is 5.32 Å². The molecule has 1 aromatic carbocycles. The maximum atomic E-state index is 13.0. The largest absolute Gasteiger partial charge is 0.459 e. The Balaban J connectivity index is 2.36. The smallest absolute Gasteiger partial charge is 0.341 e. The number of hydrogen-bond acceptors (Lipinski definition) is 5. The van der Waals surface area contributed by atoms with Crippen LogP contribution in [-0.2, 0) is 9.53 Å². The summed E-state index contributed by atoms with van der Waals surface area (Å²) in [7, 11) is 0. The van der Waals surface area contributed by atoms with Crippen molar-refractivity contribution in [1.82, 2.24) is 4.90 Å². The fourth-order valence-electron chi connectivity index (χ4n) is 2.88. The van der Waals surface area contributed by atoms with E-state index in [0.29, 0.717) is 29.1 Å². The second kappa shape index (κ2) is 10.9. The molecule has 0 bridgehead atoms. The van der Waals surface area contributed by atoms with Gasteiger partial charge in [0.05, 0.1) is 16.5 Å². The molecule has 1 heterocycles. The zero-order valence-corrected chi connectivity index (χ0v) is 19.1. The molecule has 0 saturated carbocycles. The Morgan fingerprint density at radius 3 is 2.32 bits per heavy atom. The minimum Gasteiger partial charge on any atom is -0.459 e. The van der Waals surface area contributed by atoms with Gasteiger partial charge in [-0.15, -0.1) is 11.3 Å². The normalized spacial score (nSPS) is 11.1. The Labute approximate surface area is 185 Å². The number of anilines is 1. The van der Waals surface area contributed by atoms with Crippen LogP contribution in [0.1, 0.15) is 58.9 Å². The number of halogens is 1. The molecular formula is C23H27FN2O4S. The van der Waals surface area contributed by atoms with Crippen molar-refractivity contribution in [3.05, 3.63) is 57.7 Å². The molecule has 2 aromatic rings. The highest BCUT2D eigenvalue weighted by Gasteiger charge is 2.28. The van der Waals surface area contributed by atoms with Crippen LogP contribution in [0.5, 0.6) is 0 Å². The average molecular weight is 447 g/mol. The van der Waals surface area contributed by atoms with Gasteiger partial charge in [-0.2, -0.15) is 0 Å². The van der Waals surface area contributed by atoms with Gasteiger partial charge in [0, 0.05) is 19.2 Å². The summed E-state index contributed by atoms with van der Waals surface area (Å²) in [5.41, 5.74) is 1.30. The number of amides is 2. The van der Waals surface area contributed by atoms with Crippen molar-refractivity contribution < 1.29 is 23.5 Å². The van der Waals surface area contributed by atoms with Gasteiger partial charge in [0.2, 0.25) is 5.91 Å². The van der Waals surface area contributed by atoms with Gasteiger partial charge < -0.3 is 15.0 Å². The van der Waals surface area contributed by atoms with Crippen molar-refractivity contribution in [2.24, 2.45) is 0 Å². The molecule has 6 nitrogen and oxygen atoms in total. The van der Waals surface area contributed by atoms with Gasteiger partial charge >= 0.3 is 5.97 Å². The van der Waals surface area contributed by atoms with Gasteiger partial charge in [-0.05, 0) is 64.0 Å². The Morgan fingerprint density at radius 1 is 1.16 bits per heavy atom. The van der Waals surface area contributed by atoms with Crippen LogP contribution in [0, 0.1) is 12.7 Å². The Morgan fingerprint density at radius 2 is 1.77 bits per heavy atom. The fraction of sp³-hybridized carbons (Fsp3) is 0.348. The first-order valence-corrected chi connectivity index (χ1v) is 10.9. The lowest BCUT2D eigenvalue weighted by molar-refractivity contribution is -0.111. The van der Waals surface area contributed by atoms with Gasteiger partial charge in [0.1, 0.15) is 10.8 Å². The van der Waals surface area contributed by atoms with Crippen molar-refractivity contribution in [1.29, 1.82) is 0 Å². The molecule has 0 aliphatic heterocycles. The molecule has 2 rings (SSSR count). The lowest BCUT2D eigenvalue weighted by Crippen LogP contribution is -2.30. The van der Waals surface area contributed by atoms with E-state index in [4.69, 9.17) is 4.74 Å². The summed E-state index contributed by atoms with van der Waals surface area (Å²) in [6, 6.07) is 5.68. The topological polar surface area (TPSA) is 75.7 Å². The molecule has 166 valence electrons. The predicted molar refractivity (Wildman–Crippen MR) is 121 cm³/mol. The van der Waals surface area contributed by atoms with Crippen molar-refractivity contribution in [3.8, 4) is 0 Å². The van der Waals surface area contributed by atoms with E-state index in [1.807, 2.05) is 13.8 Å². The molecule has 0 aliphatic rings. The summed E-state index contributed by atoms with van der Waals surface area (Å²) in [5.74, 6) is -1.64. The number of thiophene rings is 1. The third-order valence-corrected chi connectivity index (χ3v) is 5.67. The third-order valence-electron chi connectivity index (χ3n) is 4.47. The first-order valence-electron chi connectivity index (χ1n) is 10.1. The van der Waals surface area contributed by atoms with Crippen LogP contribution >= 0.6 is 11.3 Å². The van der Waals surface area contributed by atoms with Gasteiger partial charge in [-0.25, -0.2) is 9.18 Å². The van der Waals surface area contributed by atoms with Gasteiger partial charge in [0.15, 0.2) is 0 Å². The number of nitrogens with one attached hydrogen (secondary N) is 1. The van der Waals surface area contributed by atoms with Gasteiger partial charge in [-0.3, -0.25) is 9.59 Å². The molecule has 1 N–H and O–H groups in total. The summed E-state index contributed by atoms with van der Waals surface area (Å²) >= 11 is 1.05. The van der Waals surface area contributed by atoms with Crippen molar-refractivity contribution >= 4 is 40.2 Å². The highest BCUT2D eigenvalue weighted by Crippen LogP contribution is 2.35. The molecule has 0 aliphatic carbocycles.